The fourth-order valence-electron chi connectivity index (χ4n) is 6.25. The van der Waals surface area contributed by atoms with Gasteiger partial charge in [-0.25, -0.2) is 17.6 Å². The molecule has 1 atom stereocenters. The van der Waals surface area contributed by atoms with Crippen molar-refractivity contribution in [3.8, 4) is 22.6 Å². The highest BCUT2D eigenvalue weighted by atomic mass is 19.2. The van der Waals surface area contributed by atoms with E-state index in [2.05, 4.69) is 0 Å². The van der Waals surface area contributed by atoms with Crippen LogP contribution in [-0.2, 0) is 0 Å². The summed E-state index contributed by atoms with van der Waals surface area (Å²) in [6.45, 7) is 0. The van der Waals surface area contributed by atoms with Crippen molar-refractivity contribution in [1.29, 1.82) is 0 Å². The van der Waals surface area contributed by atoms with Crippen LogP contribution in [0.3, 0.4) is 0 Å². The van der Waals surface area contributed by atoms with E-state index in [0.717, 1.165) is 63.5 Å². The molecule has 0 aromatic heterocycles. The molecule has 0 amide bonds. The first-order valence-electron chi connectivity index (χ1n) is 13.7. The third kappa shape index (κ3) is 5.45. The molecule has 0 aliphatic heterocycles. The highest BCUT2D eigenvalue weighted by Crippen LogP contribution is 2.42. The van der Waals surface area contributed by atoms with Crippen LogP contribution in [0.2, 0.25) is 0 Å². The molecule has 1 fully saturated rings. The first kappa shape index (κ1) is 28.1. The van der Waals surface area contributed by atoms with Gasteiger partial charge in [0.15, 0.2) is 34.8 Å². The van der Waals surface area contributed by atoms with Crippen LogP contribution < -0.4 is 0 Å². The molecular formula is C32H30F6O2. The maximum absolute atomic E-state index is 15.0. The van der Waals surface area contributed by atoms with Crippen LogP contribution in [0.15, 0.2) is 42.5 Å². The zero-order valence-corrected chi connectivity index (χ0v) is 21.8. The number of hydrogen-bond acceptors (Lipinski definition) is 2. The fourth-order valence-corrected chi connectivity index (χ4v) is 6.25. The molecule has 3 aromatic rings. The van der Waals surface area contributed by atoms with Gasteiger partial charge in [-0.15, -0.1) is 0 Å². The quantitative estimate of drug-likeness (QED) is 0.295. The fraction of sp³-hybridized carbons (Fsp3) is 0.375. The summed E-state index contributed by atoms with van der Waals surface area (Å²) in [6, 6.07) is 7.18. The maximum Gasteiger partial charge on any atom is 0.200 e. The van der Waals surface area contributed by atoms with Gasteiger partial charge in [-0.3, -0.25) is 0 Å². The van der Waals surface area contributed by atoms with Crippen molar-refractivity contribution in [3.05, 3.63) is 88.5 Å². The van der Waals surface area contributed by atoms with E-state index in [4.69, 9.17) is 0 Å². The average molecular weight is 561 g/mol. The predicted molar refractivity (Wildman–Crippen MR) is 141 cm³/mol. The second-order valence-electron chi connectivity index (χ2n) is 11.0. The molecule has 3 aromatic carbocycles. The van der Waals surface area contributed by atoms with Gasteiger partial charge in [0, 0.05) is 16.7 Å². The monoisotopic (exact) mass is 560 g/mol. The molecule has 1 saturated carbocycles. The molecule has 0 radical (unpaired) electrons. The summed E-state index contributed by atoms with van der Waals surface area (Å²) < 4.78 is 85.9. The molecular weight excluding hydrogens is 530 g/mol. The number of aromatic hydroxyl groups is 2. The molecule has 0 spiro atoms. The van der Waals surface area contributed by atoms with Crippen LogP contribution in [0.4, 0.5) is 26.3 Å². The number of rotatable bonds is 6. The van der Waals surface area contributed by atoms with Gasteiger partial charge in [0.05, 0.1) is 0 Å². The first-order valence-corrected chi connectivity index (χ1v) is 13.7. The zero-order chi connectivity index (χ0) is 28.6. The van der Waals surface area contributed by atoms with Gasteiger partial charge >= 0.3 is 0 Å². The third-order valence-electron chi connectivity index (χ3n) is 8.66. The molecule has 2 aliphatic rings. The van der Waals surface area contributed by atoms with Gasteiger partial charge in [0.25, 0.3) is 0 Å². The van der Waals surface area contributed by atoms with E-state index >= 15 is 4.39 Å². The lowest BCUT2D eigenvalue weighted by molar-refractivity contribution is 0.278. The summed E-state index contributed by atoms with van der Waals surface area (Å²) in [4.78, 5) is 0. The Hall–Kier alpha value is -3.42. The molecule has 40 heavy (non-hydrogen) atoms. The van der Waals surface area contributed by atoms with Gasteiger partial charge in [0.2, 0.25) is 11.6 Å². The zero-order valence-electron chi connectivity index (χ0n) is 21.8. The average Bonchev–Trinajstić information content (AvgIpc) is 2.96. The topological polar surface area (TPSA) is 40.5 Å². The summed E-state index contributed by atoms with van der Waals surface area (Å²) in [5.74, 6) is -8.23. The highest BCUT2D eigenvalue weighted by Gasteiger charge is 2.28. The van der Waals surface area contributed by atoms with Crippen molar-refractivity contribution in [3.63, 3.8) is 0 Å². The smallest absolute Gasteiger partial charge is 0.200 e. The number of phenols is 2. The normalized spacial score (nSPS) is 21.4. The van der Waals surface area contributed by atoms with Crippen molar-refractivity contribution in [1.82, 2.24) is 0 Å². The number of hydrogen-bond donors (Lipinski definition) is 2. The lowest BCUT2D eigenvalue weighted by Gasteiger charge is -2.30. The number of phenolic OH excluding ortho intramolecular Hbond substituents is 2. The number of allylic oxidation sites excluding steroid dienone is 2. The Kier molecular flexibility index (Phi) is 8.15. The van der Waals surface area contributed by atoms with E-state index < -0.39 is 57.5 Å². The predicted octanol–water partition coefficient (Wildman–Crippen LogP) is 9.54. The molecule has 8 heteroatoms. The molecule has 2 N–H and O–H groups in total. The highest BCUT2D eigenvalue weighted by molar-refractivity contribution is 5.72. The molecule has 0 heterocycles. The standard InChI is InChI=1S/C32H30F6O2/c33-27-21(11-12-23(29(27)35)24-14-16-26(40)32(38)30(24)36)19-7-3-17(4-8-19)1-2-18-5-9-20(10-6-18)22-13-15-25(39)31(37)28(22)34/h7,11-18,20,39-40H,1-6,8-10H2. The van der Waals surface area contributed by atoms with Crippen LogP contribution in [0, 0.1) is 46.7 Å². The summed E-state index contributed by atoms with van der Waals surface area (Å²) in [7, 11) is 0. The SMILES string of the molecule is Oc1ccc(-c2ccc(C3=CCC(CCC4CCC(c5ccc(O)c(F)c5F)CC4)CC3)c(F)c2F)c(F)c1F. The van der Waals surface area contributed by atoms with Crippen LogP contribution >= 0.6 is 0 Å². The van der Waals surface area contributed by atoms with E-state index in [0.29, 0.717) is 29.4 Å². The van der Waals surface area contributed by atoms with Crippen LogP contribution in [0.1, 0.15) is 74.8 Å². The molecule has 2 aliphatic carbocycles. The maximum atomic E-state index is 15.0. The third-order valence-corrected chi connectivity index (χ3v) is 8.66. The van der Waals surface area contributed by atoms with Crippen LogP contribution in [-0.4, -0.2) is 10.2 Å². The summed E-state index contributed by atoms with van der Waals surface area (Å²) >= 11 is 0. The van der Waals surface area contributed by atoms with Crippen LogP contribution in [0.25, 0.3) is 16.7 Å². The van der Waals surface area contributed by atoms with Gasteiger partial charge in [-0.2, -0.15) is 8.78 Å². The molecule has 0 bridgehead atoms. The van der Waals surface area contributed by atoms with Crippen molar-refractivity contribution in [2.24, 2.45) is 11.8 Å². The number of benzene rings is 3. The lowest BCUT2D eigenvalue weighted by atomic mass is 9.75. The Labute approximate surface area is 229 Å². The molecule has 1 unspecified atom stereocenters. The first-order chi connectivity index (χ1) is 19.2. The Morgan fingerprint density at radius 3 is 1.73 bits per heavy atom. The minimum Gasteiger partial charge on any atom is -0.505 e. The largest absolute Gasteiger partial charge is 0.505 e. The van der Waals surface area contributed by atoms with Gasteiger partial charge in [0.1, 0.15) is 0 Å². The lowest BCUT2D eigenvalue weighted by Crippen LogP contribution is -2.16. The van der Waals surface area contributed by atoms with Crippen molar-refractivity contribution >= 4 is 5.57 Å². The Morgan fingerprint density at radius 1 is 0.550 bits per heavy atom. The molecule has 0 saturated heterocycles. The Morgan fingerprint density at radius 2 is 1.07 bits per heavy atom. The summed E-state index contributed by atoms with van der Waals surface area (Å²) in [5.41, 5.74) is 0.233. The van der Waals surface area contributed by atoms with Crippen molar-refractivity contribution in [2.75, 3.05) is 0 Å². The summed E-state index contributed by atoms with van der Waals surface area (Å²) in [5, 5.41) is 18.7. The molecule has 212 valence electrons. The second kappa shape index (κ2) is 11.6. The minimum atomic E-state index is -1.52. The van der Waals surface area contributed by atoms with Crippen molar-refractivity contribution in [2.45, 2.75) is 63.7 Å². The summed E-state index contributed by atoms with van der Waals surface area (Å²) in [6.07, 6.45) is 9.41. The van der Waals surface area contributed by atoms with Gasteiger partial charge < -0.3 is 10.2 Å². The van der Waals surface area contributed by atoms with Crippen molar-refractivity contribution < 1.29 is 36.6 Å². The van der Waals surface area contributed by atoms with Gasteiger partial charge in [-0.05, 0) is 98.5 Å². The van der Waals surface area contributed by atoms with E-state index in [-0.39, 0.29) is 11.5 Å². The van der Waals surface area contributed by atoms with E-state index in [1.54, 1.807) is 0 Å². The Bertz CT molecular complexity index is 1440. The second-order valence-corrected chi connectivity index (χ2v) is 11.0. The number of halogens is 6. The van der Waals surface area contributed by atoms with Crippen LogP contribution in [0.5, 0.6) is 11.5 Å². The van der Waals surface area contributed by atoms with E-state index in [1.165, 1.54) is 24.3 Å². The minimum absolute atomic E-state index is 0.0576. The van der Waals surface area contributed by atoms with E-state index in [1.807, 2.05) is 6.08 Å². The van der Waals surface area contributed by atoms with Gasteiger partial charge in [-0.1, -0.05) is 30.7 Å². The van der Waals surface area contributed by atoms with E-state index in [9.17, 15) is 32.2 Å². The molecule has 5 rings (SSSR count). The Balaban J connectivity index is 1.17. The molecule has 2 nitrogen and oxygen atoms in total.